The van der Waals surface area contributed by atoms with Gasteiger partial charge in [0, 0.05) is 6.54 Å². The Bertz CT molecular complexity index is 635. The van der Waals surface area contributed by atoms with Gasteiger partial charge in [-0.2, -0.15) is 4.31 Å². The van der Waals surface area contributed by atoms with E-state index in [0.29, 0.717) is 6.42 Å². The molecule has 1 rings (SSSR count). The number of hydrogen-bond donors (Lipinski definition) is 1. The normalized spacial score (nSPS) is 11.7. The van der Waals surface area contributed by atoms with Crippen LogP contribution in [0.25, 0.3) is 0 Å². The van der Waals surface area contributed by atoms with Gasteiger partial charge in [-0.05, 0) is 34.5 Å². The largest absolute Gasteiger partial charge is 0.495 e. The highest BCUT2D eigenvalue weighted by Gasteiger charge is 2.30. The SMILES string of the molecule is CCCN(CC(=O)O)S(=O)(=O)c1cc(F)c(Br)cc1OC. The molecule has 1 N–H and O–H groups in total. The van der Waals surface area contributed by atoms with Crippen molar-refractivity contribution in [2.45, 2.75) is 18.2 Å². The van der Waals surface area contributed by atoms with Gasteiger partial charge in [-0.25, -0.2) is 12.8 Å². The van der Waals surface area contributed by atoms with E-state index in [4.69, 9.17) is 9.84 Å². The van der Waals surface area contributed by atoms with E-state index in [-0.39, 0.29) is 16.8 Å². The summed E-state index contributed by atoms with van der Waals surface area (Å²) in [7, 11) is -2.92. The van der Waals surface area contributed by atoms with Crippen LogP contribution in [0.5, 0.6) is 5.75 Å². The molecule has 0 amide bonds. The van der Waals surface area contributed by atoms with Crippen molar-refractivity contribution in [3.8, 4) is 5.75 Å². The van der Waals surface area contributed by atoms with Gasteiger partial charge in [-0.1, -0.05) is 6.92 Å². The molecule has 0 bridgehead atoms. The first-order valence-corrected chi connectivity index (χ1v) is 8.22. The first-order chi connectivity index (χ1) is 9.73. The molecule has 0 spiro atoms. The molecule has 0 heterocycles. The maximum absolute atomic E-state index is 13.6. The van der Waals surface area contributed by atoms with Crippen molar-refractivity contribution in [3.63, 3.8) is 0 Å². The number of carboxylic acid groups (broad SMARTS) is 1. The van der Waals surface area contributed by atoms with Gasteiger partial charge in [-0.3, -0.25) is 4.79 Å². The first kappa shape index (κ1) is 17.9. The summed E-state index contributed by atoms with van der Waals surface area (Å²) in [4.78, 5) is 10.4. The number of ether oxygens (including phenoxy) is 1. The van der Waals surface area contributed by atoms with Crippen LogP contribution in [0.1, 0.15) is 13.3 Å². The summed E-state index contributed by atoms with van der Waals surface area (Å²) in [5.74, 6) is -2.13. The molecule has 118 valence electrons. The number of aliphatic carboxylic acids is 1. The van der Waals surface area contributed by atoms with Gasteiger partial charge in [0.15, 0.2) is 0 Å². The molecule has 6 nitrogen and oxygen atoms in total. The molecule has 0 unspecified atom stereocenters. The molecule has 0 aliphatic heterocycles. The molecule has 0 atom stereocenters. The molecule has 0 saturated carbocycles. The lowest BCUT2D eigenvalue weighted by Gasteiger charge is -2.21. The topological polar surface area (TPSA) is 83.9 Å². The number of carbonyl (C=O) groups is 1. The number of benzene rings is 1. The van der Waals surface area contributed by atoms with Crippen LogP contribution < -0.4 is 4.74 Å². The average molecular weight is 384 g/mol. The molecular formula is C12H15BrFNO5S. The minimum Gasteiger partial charge on any atom is -0.495 e. The molecule has 21 heavy (non-hydrogen) atoms. The number of rotatable bonds is 7. The summed E-state index contributed by atoms with van der Waals surface area (Å²) in [5, 5.41) is 8.83. The quantitative estimate of drug-likeness (QED) is 0.778. The molecule has 0 fully saturated rings. The Morgan fingerprint density at radius 1 is 1.48 bits per heavy atom. The van der Waals surface area contributed by atoms with Gasteiger partial charge in [0.1, 0.15) is 23.0 Å². The molecule has 0 radical (unpaired) electrons. The highest BCUT2D eigenvalue weighted by molar-refractivity contribution is 9.10. The summed E-state index contributed by atoms with van der Waals surface area (Å²) in [6.07, 6.45) is 0.424. The summed E-state index contributed by atoms with van der Waals surface area (Å²) < 4.78 is 44.4. The molecule has 0 saturated heterocycles. The fourth-order valence-electron chi connectivity index (χ4n) is 1.70. The lowest BCUT2D eigenvalue weighted by molar-refractivity contribution is -0.137. The van der Waals surface area contributed by atoms with Crippen molar-refractivity contribution in [1.82, 2.24) is 4.31 Å². The van der Waals surface area contributed by atoms with E-state index >= 15 is 0 Å². The van der Waals surface area contributed by atoms with Gasteiger partial charge >= 0.3 is 5.97 Å². The first-order valence-electron chi connectivity index (χ1n) is 5.99. The van der Waals surface area contributed by atoms with Crippen LogP contribution in [0, 0.1) is 5.82 Å². The van der Waals surface area contributed by atoms with E-state index in [1.54, 1.807) is 6.92 Å². The summed E-state index contributed by atoms with van der Waals surface area (Å²) in [6, 6.07) is 2.00. The third-order valence-electron chi connectivity index (χ3n) is 2.61. The second kappa shape index (κ2) is 7.19. The lowest BCUT2D eigenvalue weighted by Crippen LogP contribution is -2.36. The predicted molar refractivity (Wildman–Crippen MR) is 77.3 cm³/mol. The molecule has 0 aliphatic carbocycles. The monoisotopic (exact) mass is 383 g/mol. The van der Waals surface area contributed by atoms with Crippen LogP contribution in [-0.2, 0) is 14.8 Å². The minimum atomic E-state index is -4.17. The van der Waals surface area contributed by atoms with Crippen LogP contribution in [-0.4, -0.2) is 44.0 Å². The zero-order valence-corrected chi connectivity index (χ0v) is 13.9. The van der Waals surface area contributed by atoms with Crippen LogP contribution in [0.4, 0.5) is 4.39 Å². The Labute approximate surface area is 130 Å². The van der Waals surface area contributed by atoms with Crippen LogP contribution in [0.15, 0.2) is 21.5 Å². The Balaban J connectivity index is 3.39. The smallest absolute Gasteiger partial charge is 0.318 e. The number of sulfonamides is 1. The van der Waals surface area contributed by atoms with E-state index in [0.717, 1.165) is 10.4 Å². The zero-order chi connectivity index (χ0) is 16.2. The fraction of sp³-hybridized carbons (Fsp3) is 0.417. The van der Waals surface area contributed by atoms with E-state index < -0.39 is 33.3 Å². The van der Waals surface area contributed by atoms with E-state index in [1.165, 1.54) is 13.2 Å². The van der Waals surface area contributed by atoms with Crippen molar-refractivity contribution in [3.05, 3.63) is 22.4 Å². The van der Waals surface area contributed by atoms with E-state index in [1.807, 2.05) is 0 Å². The van der Waals surface area contributed by atoms with E-state index in [9.17, 15) is 17.6 Å². The predicted octanol–water partition coefficient (Wildman–Crippen LogP) is 2.08. The number of nitrogens with zero attached hydrogens (tertiary/aromatic N) is 1. The van der Waals surface area contributed by atoms with Crippen molar-refractivity contribution in [2.24, 2.45) is 0 Å². The number of hydrogen-bond acceptors (Lipinski definition) is 4. The van der Waals surface area contributed by atoms with Crippen molar-refractivity contribution in [2.75, 3.05) is 20.2 Å². The number of halogens is 2. The van der Waals surface area contributed by atoms with Crippen molar-refractivity contribution >= 4 is 31.9 Å². The Kier molecular flexibility index (Phi) is 6.11. The van der Waals surface area contributed by atoms with Crippen LogP contribution >= 0.6 is 15.9 Å². The summed E-state index contributed by atoms with van der Waals surface area (Å²) in [6.45, 7) is 1.02. The Morgan fingerprint density at radius 3 is 2.57 bits per heavy atom. The van der Waals surface area contributed by atoms with Crippen molar-refractivity contribution < 1.29 is 27.4 Å². The van der Waals surface area contributed by atoms with Gasteiger partial charge in [0.05, 0.1) is 11.6 Å². The Hall–Kier alpha value is -1.19. The average Bonchev–Trinajstić information content (AvgIpc) is 2.40. The highest BCUT2D eigenvalue weighted by Crippen LogP contribution is 2.31. The van der Waals surface area contributed by atoms with Gasteiger partial charge < -0.3 is 9.84 Å². The highest BCUT2D eigenvalue weighted by atomic mass is 79.9. The van der Waals surface area contributed by atoms with Gasteiger partial charge in [-0.15, -0.1) is 0 Å². The summed E-state index contributed by atoms with van der Waals surface area (Å²) >= 11 is 2.94. The second-order valence-electron chi connectivity index (χ2n) is 4.15. The molecule has 1 aromatic rings. The van der Waals surface area contributed by atoms with Crippen molar-refractivity contribution in [1.29, 1.82) is 0 Å². The number of carboxylic acids is 1. The zero-order valence-electron chi connectivity index (χ0n) is 11.5. The minimum absolute atomic E-state index is 0.00940. The molecule has 0 aromatic heterocycles. The van der Waals surface area contributed by atoms with E-state index in [2.05, 4.69) is 15.9 Å². The fourth-order valence-corrected chi connectivity index (χ4v) is 3.65. The third-order valence-corrected chi connectivity index (χ3v) is 5.08. The molecular weight excluding hydrogens is 369 g/mol. The molecule has 0 aliphatic rings. The van der Waals surface area contributed by atoms with Crippen LogP contribution in [0.2, 0.25) is 0 Å². The van der Waals surface area contributed by atoms with Gasteiger partial charge in [0.2, 0.25) is 10.0 Å². The van der Waals surface area contributed by atoms with Crippen LogP contribution in [0.3, 0.4) is 0 Å². The van der Waals surface area contributed by atoms with Gasteiger partial charge in [0.25, 0.3) is 0 Å². The molecule has 9 heteroatoms. The number of methoxy groups -OCH3 is 1. The maximum atomic E-state index is 13.6. The summed E-state index contributed by atoms with van der Waals surface area (Å²) in [5.41, 5.74) is 0. The second-order valence-corrected chi connectivity index (χ2v) is 6.91. The molecule has 1 aromatic carbocycles. The lowest BCUT2D eigenvalue weighted by atomic mass is 10.3. The standard InChI is InChI=1S/C12H15BrFNO5S/c1-3-4-15(7-12(16)17)21(18,19)11-6-9(14)8(13)5-10(11)20-2/h5-6H,3-4,7H2,1-2H3,(H,16,17). The Morgan fingerprint density at radius 2 is 2.10 bits per heavy atom. The maximum Gasteiger partial charge on any atom is 0.318 e. The third kappa shape index (κ3) is 4.14.